The number of aliphatic hydroxyl groups is 1. The van der Waals surface area contributed by atoms with Gasteiger partial charge in [-0.3, -0.25) is 4.79 Å². The zero-order valence-corrected chi connectivity index (χ0v) is 12.2. The van der Waals surface area contributed by atoms with Crippen LogP contribution in [0, 0.1) is 0 Å². The zero-order chi connectivity index (χ0) is 13.4. The van der Waals surface area contributed by atoms with Crippen molar-refractivity contribution in [3.05, 3.63) is 34.3 Å². The quantitative estimate of drug-likeness (QED) is 0.813. The normalized spacial score (nSPS) is 12.2. The van der Waals surface area contributed by atoms with Gasteiger partial charge in [0.2, 0.25) is 5.91 Å². The summed E-state index contributed by atoms with van der Waals surface area (Å²) in [4.78, 5) is 11.6. The third kappa shape index (κ3) is 6.17. The molecule has 0 heterocycles. The van der Waals surface area contributed by atoms with E-state index in [0.717, 1.165) is 22.9 Å². The van der Waals surface area contributed by atoms with E-state index in [1.54, 1.807) is 0 Å². The summed E-state index contributed by atoms with van der Waals surface area (Å²) in [6.45, 7) is 2.48. The SMILES string of the molecule is CCC(O)CCNC(=O)CCc1cccc(Br)c1. The van der Waals surface area contributed by atoms with Crippen molar-refractivity contribution in [3.63, 3.8) is 0 Å². The first-order chi connectivity index (χ1) is 8.61. The van der Waals surface area contributed by atoms with Gasteiger partial charge in [-0.25, -0.2) is 0 Å². The number of carbonyl (C=O) groups is 1. The Kier molecular flexibility index (Phi) is 6.98. The Labute approximate surface area is 117 Å². The lowest BCUT2D eigenvalue weighted by molar-refractivity contribution is -0.121. The van der Waals surface area contributed by atoms with Gasteiger partial charge in [-0.1, -0.05) is 35.0 Å². The zero-order valence-electron chi connectivity index (χ0n) is 10.7. The largest absolute Gasteiger partial charge is 0.393 e. The molecule has 1 atom stereocenters. The summed E-state index contributed by atoms with van der Waals surface area (Å²) >= 11 is 3.41. The van der Waals surface area contributed by atoms with Crippen LogP contribution in [0.1, 0.15) is 31.7 Å². The lowest BCUT2D eigenvalue weighted by Crippen LogP contribution is -2.27. The summed E-state index contributed by atoms with van der Waals surface area (Å²) in [6.07, 6.45) is 2.27. The van der Waals surface area contributed by atoms with Gasteiger partial charge in [0.25, 0.3) is 0 Å². The van der Waals surface area contributed by atoms with E-state index in [9.17, 15) is 9.90 Å². The molecule has 1 aromatic carbocycles. The fourth-order valence-corrected chi connectivity index (χ4v) is 2.07. The number of hydrogen-bond acceptors (Lipinski definition) is 2. The summed E-state index contributed by atoms with van der Waals surface area (Å²) in [7, 11) is 0. The van der Waals surface area contributed by atoms with Crippen molar-refractivity contribution >= 4 is 21.8 Å². The number of nitrogens with one attached hydrogen (secondary N) is 1. The van der Waals surface area contributed by atoms with Gasteiger partial charge in [-0.2, -0.15) is 0 Å². The highest BCUT2D eigenvalue weighted by atomic mass is 79.9. The van der Waals surface area contributed by atoms with Gasteiger partial charge in [0, 0.05) is 17.4 Å². The van der Waals surface area contributed by atoms with Crippen molar-refractivity contribution in [3.8, 4) is 0 Å². The Hall–Kier alpha value is -0.870. The summed E-state index contributed by atoms with van der Waals surface area (Å²) in [6, 6.07) is 7.97. The Morgan fingerprint density at radius 2 is 2.28 bits per heavy atom. The van der Waals surface area contributed by atoms with E-state index in [1.165, 1.54) is 0 Å². The van der Waals surface area contributed by atoms with E-state index in [4.69, 9.17) is 0 Å². The fourth-order valence-electron chi connectivity index (χ4n) is 1.62. The van der Waals surface area contributed by atoms with E-state index in [2.05, 4.69) is 21.2 Å². The van der Waals surface area contributed by atoms with Crippen LogP contribution in [0.15, 0.2) is 28.7 Å². The highest BCUT2D eigenvalue weighted by Crippen LogP contribution is 2.12. The van der Waals surface area contributed by atoms with Crippen molar-refractivity contribution in [2.45, 2.75) is 38.7 Å². The molecule has 0 fully saturated rings. The maximum atomic E-state index is 11.6. The number of carbonyl (C=O) groups excluding carboxylic acids is 1. The van der Waals surface area contributed by atoms with Gasteiger partial charge >= 0.3 is 0 Å². The number of hydrogen-bond donors (Lipinski definition) is 2. The minimum absolute atomic E-state index is 0.0401. The molecule has 0 aliphatic heterocycles. The predicted octanol–water partition coefficient (Wildman–Crippen LogP) is 2.66. The highest BCUT2D eigenvalue weighted by molar-refractivity contribution is 9.10. The number of halogens is 1. The number of rotatable bonds is 7. The Morgan fingerprint density at radius 3 is 2.94 bits per heavy atom. The molecule has 0 radical (unpaired) electrons. The van der Waals surface area contributed by atoms with Crippen LogP contribution in [0.5, 0.6) is 0 Å². The van der Waals surface area contributed by atoms with Crippen molar-refractivity contribution in [1.82, 2.24) is 5.32 Å². The van der Waals surface area contributed by atoms with Crippen LogP contribution >= 0.6 is 15.9 Å². The van der Waals surface area contributed by atoms with Crippen LogP contribution < -0.4 is 5.32 Å². The highest BCUT2D eigenvalue weighted by Gasteiger charge is 2.04. The summed E-state index contributed by atoms with van der Waals surface area (Å²) in [5, 5.41) is 12.2. The average molecular weight is 314 g/mol. The number of aliphatic hydroxyl groups excluding tert-OH is 1. The monoisotopic (exact) mass is 313 g/mol. The second kappa shape index (κ2) is 8.27. The second-order valence-corrected chi connectivity index (χ2v) is 5.25. The van der Waals surface area contributed by atoms with Crippen LogP contribution in [-0.2, 0) is 11.2 Å². The van der Waals surface area contributed by atoms with Crippen molar-refractivity contribution in [2.75, 3.05) is 6.54 Å². The molecule has 0 aliphatic rings. The molecule has 0 saturated heterocycles. The Morgan fingerprint density at radius 1 is 1.50 bits per heavy atom. The number of benzene rings is 1. The molecular formula is C14H20BrNO2. The van der Waals surface area contributed by atoms with Crippen LogP contribution in [0.25, 0.3) is 0 Å². The fraction of sp³-hybridized carbons (Fsp3) is 0.500. The molecule has 0 spiro atoms. The molecule has 100 valence electrons. The minimum atomic E-state index is -0.310. The summed E-state index contributed by atoms with van der Waals surface area (Å²) in [5.41, 5.74) is 1.15. The van der Waals surface area contributed by atoms with Crippen LogP contribution in [-0.4, -0.2) is 23.7 Å². The molecule has 0 aliphatic carbocycles. The molecule has 2 N–H and O–H groups in total. The first kappa shape index (κ1) is 15.2. The lowest BCUT2D eigenvalue weighted by atomic mass is 10.1. The van der Waals surface area contributed by atoms with E-state index < -0.39 is 0 Å². The van der Waals surface area contributed by atoms with Gasteiger partial charge in [-0.05, 0) is 37.0 Å². The van der Waals surface area contributed by atoms with E-state index >= 15 is 0 Å². The van der Waals surface area contributed by atoms with Crippen LogP contribution in [0.4, 0.5) is 0 Å². The van der Waals surface area contributed by atoms with Gasteiger partial charge in [0.15, 0.2) is 0 Å². The van der Waals surface area contributed by atoms with Gasteiger partial charge in [0.1, 0.15) is 0 Å². The molecule has 1 amide bonds. The number of amides is 1. The van der Waals surface area contributed by atoms with Crippen molar-refractivity contribution in [1.29, 1.82) is 0 Å². The predicted molar refractivity (Wildman–Crippen MR) is 76.4 cm³/mol. The molecule has 1 unspecified atom stereocenters. The van der Waals surface area contributed by atoms with E-state index in [-0.39, 0.29) is 12.0 Å². The molecule has 3 nitrogen and oxygen atoms in total. The molecule has 1 aromatic rings. The van der Waals surface area contributed by atoms with Crippen molar-refractivity contribution in [2.24, 2.45) is 0 Å². The lowest BCUT2D eigenvalue weighted by Gasteiger charge is -2.08. The van der Waals surface area contributed by atoms with Crippen LogP contribution in [0.3, 0.4) is 0 Å². The third-order valence-corrected chi connectivity index (χ3v) is 3.29. The molecule has 4 heteroatoms. The first-order valence-corrected chi connectivity index (χ1v) is 7.10. The Balaban J connectivity index is 2.21. The van der Waals surface area contributed by atoms with E-state index in [1.807, 2.05) is 31.2 Å². The van der Waals surface area contributed by atoms with Gasteiger partial charge in [0.05, 0.1) is 6.10 Å². The van der Waals surface area contributed by atoms with Crippen LogP contribution in [0.2, 0.25) is 0 Å². The molecule has 0 bridgehead atoms. The first-order valence-electron chi connectivity index (χ1n) is 6.31. The molecular weight excluding hydrogens is 294 g/mol. The maximum absolute atomic E-state index is 11.6. The summed E-state index contributed by atoms with van der Waals surface area (Å²) < 4.78 is 1.03. The smallest absolute Gasteiger partial charge is 0.220 e. The molecule has 0 aromatic heterocycles. The topological polar surface area (TPSA) is 49.3 Å². The molecule has 0 saturated carbocycles. The number of aryl methyl sites for hydroxylation is 1. The molecule has 18 heavy (non-hydrogen) atoms. The van der Waals surface area contributed by atoms with Gasteiger partial charge < -0.3 is 10.4 Å². The average Bonchev–Trinajstić information content (AvgIpc) is 2.36. The van der Waals surface area contributed by atoms with E-state index in [0.29, 0.717) is 19.4 Å². The third-order valence-electron chi connectivity index (χ3n) is 2.80. The minimum Gasteiger partial charge on any atom is -0.393 e. The summed E-state index contributed by atoms with van der Waals surface area (Å²) in [5.74, 6) is 0.0401. The Bertz CT molecular complexity index is 382. The molecule has 1 rings (SSSR count). The standard InChI is InChI=1S/C14H20BrNO2/c1-2-13(17)8-9-16-14(18)7-6-11-4-3-5-12(15)10-11/h3-5,10,13,17H,2,6-9H2,1H3,(H,16,18). The maximum Gasteiger partial charge on any atom is 0.220 e. The van der Waals surface area contributed by atoms with Gasteiger partial charge in [-0.15, -0.1) is 0 Å². The van der Waals surface area contributed by atoms with Crippen molar-refractivity contribution < 1.29 is 9.90 Å². The second-order valence-electron chi connectivity index (χ2n) is 4.33.